The number of aromatic nitrogens is 1. The number of likely N-dealkylation sites (N-methyl/N-ethyl adjacent to an activating group) is 1. The normalized spacial score (nSPS) is 11.1. The van der Waals surface area contributed by atoms with E-state index in [9.17, 15) is 4.79 Å². The average molecular weight is 507 g/mol. The summed E-state index contributed by atoms with van der Waals surface area (Å²) in [6.07, 6.45) is 0. The van der Waals surface area contributed by atoms with Crippen molar-refractivity contribution < 1.29 is 9.21 Å². The van der Waals surface area contributed by atoms with Gasteiger partial charge in [0.15, 0.2) is 15.6 Å². The first kappa shape index (κ1) is 23.2. The van der Waals surface area contributed by atoms with Gasteiger partial charge in [-0.25, -0.2) is 4.98 Å². The summed E-state index contributed by atoms with van der Waals surface area (Å²) in [5.41, 5.74) is 1.87. The summed E-state index contributed by atoms with van der Waals surface area (Å²) in [5, 5.41) is 1.28. The number of halogens is 3. The molecule has 9 heteroatoms. The molecule has 2 aromatic heterocycles. The molecule has 0 aliphatic carbocycles. The van der Waals surface area contributed by atoms with E-state index >= 15 is 0 Å². The average Bonchev–Trinajstić information content (AvgIpc) is 3.29. The number of carbonyl (C=O) groups excluding carboxylic acids is 1. The molecule has 1 aromatic carbocycles. The predicted octanol–water partition coefficient (Wildman–Crippen LogP) is 6.02. The van der Waals surface area contributed by atoms with Gasteiger partial charge in [-0.1, -0.05) is 42.9 Å². The van der Waals surface area contributed by atoms with Crippen molar-refractivity contribution in [1.29, 1.82) is 0 Å². The molecular formula is C19H22BrCl2N3O2S. The molecule has 0 N–H and O–H groups in total. The van der Waals surface area contributed by atoms with E-state index in [-0.39, 0.29) is 24.1 Å². The van der Waals surface area contributed by atoms with Gasteiger partial charge in [-0.05, 0) is 59.7 Å². The number of carbonyl (C=O) groups is 1. The Morgan fingerprint density at radius 2 is 1.93 bits per heavy atom. The Balaban J connectivity index is 0.00000280. The van der Waals surface area contributed by atoms with E-state index in [1.807, 2.05) is 19.1 Å². The van der Waals surface area contributed by atoms with Crippen molar-refractivity contribution in [2.24, 2.45) is 0 Å². The lowest BCUT2D eigenvalue weighted by molar-refractivity contribution is 0.0956. The van der Waals surface area contributed by atoms with Gasteiger partial charge in [0, 0.05) is 13.1 Å². The molecule has 2 heterocycles. The lowest BCUT2D eigenvalue weighted by Crippen LogP contribution is -2.38. The van der Waals surface area contributed by atoms with Crippen LogP contribution in [0, 0.1) is 6.92 Å². The molecule has 0 unspecified atom stereocenters. The van der Waals surface area contributed by atoms with E-state index in [0.29, 0.717) is 21.4 Å². The van der Waals surface area contributed by atoms with Gasteiger partial charge in [-0.15, -0.1) is 12.4 Å². The summed E-state index contributed by atoms with van der Waals surface area (Å²) in [4.78, 5) is 21.8. The second-order valence-electron chi connectivity index (χ2n) is 6.13. The molecule has 0 saturated carbocycles. The van der Waals surface area contributed by atoms with Gasteiger partial charge >= 0.3 is 0 Å². The van der Waals surface area contributed by atoms with Gasteiger partial charge in [0.25, 0.3) is 5.91 Å². The maximum atomic E-state index is 13.1. The van der Waals surface area contributed by atoms with Gasteiger partial charge in [-0.3, -0.25) is 9.69 Å². The van der Waals surface area contributed by atoms with Crippen LogP contribution >= 0.6 is 51.3 Å². The number of aryl methyl sites for hydroxylation is 1. The van der Waals surface area contributed by atoms with Crippen LogP contribution in [0.1, 0.15) is 30.0 Å². The minimum absolute atomic E-state index is 0. The molecule has 5 nitrogen and oxygen atoms in total. The summed E-state index contributed by atoms with van der Waals surface area (Å²) in [6.45, 7) is 9.35. The lowest BCUT2D eigenvalue weighted by Gasteiger charge is -2.24. The van der Waals surface area contributed by atoms with E-state index in [0.717, 1.165) is 35.4 Å². The molecular weight excluding hydrogens is 485 g/mol. The SMILES string of the molecule is CCN(CC)CCN(C(=O)c1ccc(Br)o1)c1nc2c(C)ccc(Cl)c2s1.Cl. The van der Waals surface area contributed by atoms with Crippen LogP contribution in [0.5, 0.6) is 0 Å². The van der Waals surface area contributed by atoms with Crippen LogP contribution in [0.3, 0.4) is 0 Å². The van der Waals surface area contributed by atoms with Crippen molar-refractivity contribution in [2.75, 3.05) is 31.1 Å². The zero-order valence-corrected chi connectivity index (χ0v) is 19.8. The first-order chi connectivity index (χ1) is 12.9. The van der Waals surface area contributed by atoms with E-state index in [4.69, 9.17) is 21.0 Å². The molecule has 3 aromatic rings. The summed E-state index contributed by atoms with van der Waals surface area (Å²) in [6, 6.07) is 7.20. The standard InChI is InChI=1S/C19H21BrClN3O2S.ClH/c1-4-23(5-2)10-11-24(18(25)14-8-9-15(20)26-14)19-22-16-12(3)6-7-13(21)17(16)27-19;/h6-9H,4-5,10-11H2,1-3H3;1H. The van der Waals surface area contributed by atoms with Gasteiger partial charge in [0.05, 0.1) is 15.2 Å². The Labute approximate surface area is 188 Å². The minimum Gasteiger partial charge on any atom is -0.444 e. The van der Waals surface area contributed by atoms with Crippen molar-refractivity contribution in [3.8, 4) is 0 Å². The third-order valence-electron chi connectivity index (χ3n) is 4.48. The largest absolute Gasteiger partial charge is 0.444 e. The van der Waals surface area contributed by atoms with Crippen LogP contribution in [-0.2, 0) is 0 Å². The number of thiazole rings is 1. The molecule has 0 aliphatic rings. The lowest BCUT2D eigenvalue weighted by atomic mass is 10.2. The fraction of sp³-hybridized carbons (Fsp3) is 0.368. The zero-order chi connectivity index (χ0) is 19.6. The van der Waals surface area contributed by atoms with Crippen LogP contribution in [0.15, 0.2) is 33.4 Å². The minimum atomic E-state index is -0.208. The van der Waals surface area contributed by atoms with Crippen LogP contribution < -0.4 is 4.90 Å². The number of hydrogen-bond donors (Lipinski definition) is 0. The number of benzene rings is 1. The van der Waals surface area contributed by atoms with E-state index in [1.54, 1.807) is 17.0 Å². The topological polar surface area (TPSA) is 49.6 Å². The summed E-state index contributed by atoms with van der Waals surface area (Å²) in [7, 11) is 0. The van der Waals surface area contributed by atoms with Gasteiger partial charge in [0.2, 0.25) is 0 Å². The maximum Gasteiger partial charge on any atom is 0.295 e. The fourth-order valence-corrected chi connectivity index (χ4v) is 4.48. The second kappa shape index (κ2) is 10.1. The molecule has 1 amide bonds. The maximum absolute atomic E-state index is 13.1. The number of fused-ring (bicyclic) bond motifs is 1. The predicted molar refractivity (Wildman–Crippen MR) is 122 cm³/mol. The second-order valence-corrected chi connectivity index (χ2v) is 8.29. The highest BCUT2D eigenvalue weighted by atomic mass is 79.9. The summed E-state index contributed by atoms with van der Waals surface area (Å²) in [5.74, 6) is 0.0733. The molecule has 28 heavy (non-hydrogen) atoms. The van der Waals surface area contributed by atoms with Crippen LogP contribution in [0.2, 0.25) is 5.02 Å². The third-order valence-corrected chi connectivity index (χ3v) is 6.45. The highest BCUT2D eigenvalue weighted by Gasteiger charge is 2.25. The highest BCUT2D eigenvalue weighted by molar-refractivity contribution is 9.10. The molecule has 152 valence electrons. The van der Waals surface area contributed by atoms with Crippen molar-refractivity contribution >= 4 is 72.5 Å². The first-order valence-corrected chi connectivity index (χ1v) is 10.8. The Morgan fingerprint density at radius 3 is 2.50 bits per heavy atom. The Bertz CT molecular complexity index is 917. The van der Waals surface area contributed by atoms with E-state index < -0.39 is 0 Å². The summed E-state index contributed by atoms with van der Waals surface area (Å²) < 4.78 is 6.91. The number of amides is 1. The molecule has 0 saturated heterocycles. The van der Waals surface area contributed by atoms with Crippen LogP contribution in [0.4, 0.5) is 5.13 Å². The van der Waals surface area contributed by atoms with Crippen molar-refractivity contribution in [3.63, 3.8) is 0 Å². The van der Waals surface area contributed by atoms with Crippen molar-refractivity contribution in [1.82, 2.24) is 9.88 Å². The molecule has 0 fully saturated rings. The van der Waals surface area contributed by atoms with Gasteiger partial charge < -0.3 is 9.32 Å². The van der Waals surface area contributed by atoms with Crippen molar-refractivity contribution in [2.45, 2.75) is 20.8 Å². The number of hydrogen-bond acceptors (Lipinski definition) is 5. The molecule has 3 rings (SSSR count). The highest BCUT2D eigenvalue weighted by Crippen LogP contribution is 2.36. The zero-order valence-electron chi connectivity index (χ0n) is 15.9. The quantitative estimate of drug-likeness (QED) is 0.393. The first-order valence-electron chi connectivity index (χ1n) is 8.79. The van der Waals surface area contributed by atoms with E-state index in [1.165, 1.54) is 11.3 Å². The molecule has 0 atom stereocenters. The van der Waals surface area contributed by atoms with Crippen LogP contribution in [-0.4, -0.2) is 42.0 Å². The number of furan rings is 1. The number of nitrogens with zero attached hydrogens (tertiary/aromatic N) is 3. The number of anilines is 1. The molecule has 0 spiro atoms. The molecule has 0 bridgehead atoms. The third kappa shape index (κ3) is 4.89. The van der Waals surface area contributed by atoms with E-state index in [2.05, 4.69) is 34.7 Å². The molecule has 0 aliphatic heterocycles. The van der Waals surface area contributed by atoms with Crippen molar-refractivity contribution in [3.05, 3.63) is 45.3 Å². The molecule has 0 radical (unpaired) electrons. The Kier molecular flexibility index (Phi) is 8.33. The fourth-order valence-electron chi connectivity index (χ4n) is 2.83. The van der Waals surface area contributed by atoms with Gasteiger partial charge in [-0.2, -0.15) is 0 Å². The number of rotatable bonds is 7. The monoisotopic (exact) mass is 505 g/mol. The summed E-state index contributed by atoms with van der Waals surface area (Å²) >= 11 is 11.0. The smallest absolute Gasteiger partial charge is 0.295 e. The van der Waals surface area contributed by atoms with Gasteiger partial charge in [0.1, 0.15) is 0 Å². The van der Waals surface area contributed by atoms with Crippen LogP contribution in [0.25, 0.3) is 10.2 Å². The Morgan fingerprint density at radius 1 is 1.21 bits per heavy atom. The Hall–Kier alpha value is -1.12.